The van der Waals surface area contributed by atoms with Gasteiger partial charge in [0.15, 0.2) is 11.5 Å². The number of nitrogens with one attached hydrogen (secondary N) is 2. The van der Waals surface area contributed by atoms with Gasteiger partial charge in [0.2, 0.25) is 5.91 Å². The Morgan fingerprint density at radius 1 is 1.05 bits per heavy atom. The average molecular weight is 622 g/mol. The van der Waals surface area contributed by atoms with E-state index >= 15 is 0 Å². The summed E-state index contributed by atoms with van der Waals surface area (Å²) in [4.78, 5) is 36.9. The van der Waals surface area contributed by atoms with Crippen molar-refractivity contribution in [1.29, 1.82) is 0 Å². The number of phenols is 1. The molecule has 0 radical (unpaired) electrons. The molecule has 2 heterocycles. The van der Waals surface area contributed by atoms with Gasteiger partial charge in [0.1, 0.15) is 17.1 Å². The maximum Gasteiger partial charge on any atom is 0.262 e. The Bertz CT molecular complexity index is 1630. The molecule has 0 aliphatic carbocycles. The van der Waals surface area contributed by atoms with Gasteiger partial charge in [0, 0.05) is 11.0 Å². The number of fused-ring (bicyclic) bond motifs is 3. The van der Waals surface area contributed by atoms with E-state index in [0.717, 1.165) is 17.5 Å². The van der Waals surface area contributed by atoms with Gasteiger partial charge in [0.25, 0.3) is 5.91 Å². The van der Waals surface area contributed by atoms with Crippen LogP contribution in [0.5, 0.6) is 17.2 Å². The molecule has 0 saturated carbocycles. The number of amides is 2. The predicted octanol–water partition coefficient (Wildman–Crippen LogP) is 5.20. The number of aromatic hydroxyl groups is 1. The Morgan fingerprint density at radius 3 is 2.56 bits per heavy atom. The Hall–Kier alpha value is -3.89. The number of H-pyrrole nitrogens is 1. The lowest BCUT2D eigenvalue weighted by Gasteiger charge is -2.37. The molecule has 0 atom stereocenters. The summed E-state index contributed by atoms with van der Waals surface area (Å²) in [7, 11) is 3.13. The van der Waals surface area contributed by atoms with E-state index in [4.69, 9.17) is 14.5 Å². The minimum Gasteiger partial charge on any atom is -0.504 e. The van der Waals surface area contributed by atoms with Crippen LogP contribution >= 0.6 is 15.9 Å². The Labute approximate surface area is 247 Å². The predicted molar refractivity (Wildman–Crippen MR) is 161 cm³/mol. The molecule has 0 spiro atoms. The molecule has 0 unspecified atom stereocenters. The Morgan fingerprint density at radius 2 is 1.80 bits per heavy atom. The molecular weight excluding hydrogens is 588 g/mol. The van der Waals surface area contributed by atoms with Gasteiger partial charge < -0.3 is 24.9 Å². The van der Waals surface area contributed by atoms with Crippen LogP contribution < -0.4 is 14.8 Å². The molecule has 0 fully saturated rings. The number of benzene rings is 3. The van der Waals surface area contributed by atoms with E-state index in [1.807, 2.05) is 56.3 Å². The zero-order valence-electron chi connectivity index (χ0n) is 23.5. The lowest BCUT2D eigenvalue weighted by molar-refractivity contribution is -0.134. The standard InChI is InChI=1S/C31H33BrN4O5/c1-31(2)20-17-21(32)26-27(35-28(34-26)19-8-5-6-9-23(19)40-3)25(20)29(38)36(30(31)39)15-7-13-33-14-12-18-10-11-22(37)24(16-18)41-4/h5-6,8-11,16-17,33,37H,7,12-15H2,1-4H3,(H,34,35). The van der Waals surface area contributed by atoms with Gasteiger partial charge in [-0.3, -0.25) is 14.5 Å². The number of halogens is 1. The van der Waals surface area contributed by atoms with Gasteiger partial charge in [-0.05, 0) is 97.2 Å². The summed E-state index contributed by atoms with van der Waals surface area (Å²) >= 11 is 3.62. The van der Waals surface area contributed by atoms with Crippen molar-refractivity contribution in [1.82, 2.24) is 20.2 Å². The number of para-hydroxylation sites is 1. The van der Waals surface area contributed by atoms with Crippen LogP contribution in [0.2, 0.25) is 0 Å². The third-order valence-corrected chi connectivity index (χ3v) is 8.17. The number of imidazole rings is 1. The summed E-state index contributed by atoms with van der Waals surface area (Å²) in [5.41, 5.74) is 3.26. The average Bonchev–Trinajstić information content (AvgIpc) is 3.42. The van der Waals surface area contributed by atoms with Crippen LogP contribution in [0.25, 0.3) is 22.4 Å². The molecule has 9 nitrogen and oxygen atoms in total. The minimum atomic E-state index is -0.902. The topological polar surface area (TPSA) is 117 Å². The van der Waals surface area contributed by atoms with Crippen molar-refractivity contribution >= 4 is 38.8 Å². The third kappa shape index (κ3) is 5.29. The highest BCUT2D eigenvalue weighted by Crippen LogP contribution is 2.42. The number of rotatable bonds is 10. The number of carbonyl (C=O) groups excluding carboxylic acids is 2. The molecule has 3 aromatic carbocycles. The molecule has 10 heteroatoms. The molecule has 5 rings (SSSR count). The first-order valence-corrected chi connectivity index (χ1v) is 14.3. The number of carbonyl (C=O) groups is 2. The molecule has 41 heavy (non-hydrogen) atoms. The maximum absolute atomic E-state index is 13.9. The van der Waals surface area contributed by atoms with Crippen LogP contribution in [0.15, 0.2) is 53.0 Å². The second-order valence-corrected chi connectivity index (χ2v) is 11.4. The molecule has 2 amide bonds. The van der Waals surface area contributed by atoms with Crippen molar-refractivity contribution in [3.05, 3.63) is 69.7 Å². The molecule has 0 saturated heterocycles. The highest BCUT2D eigenvalue weighted by molar-refractivity contribution is 9.10. The van der Waals surface area contributed by atoms with E-state index in [1.54, 1.807) is 13.2 Å². The lowest BCUT2D eigenvalue weighted by Crippen LogP contribution is -2.52. The fourth-order valence-electron chi connectivity index (χ4n) is 5.29. The summed E-state index contributed by atoms with van der Waals surface area (Å²) in [6, 6.07) is 14.7. The van der Waals surface area contributed by atoms with Crippen LogP contribution in [-0.4, -0.2) is 65.6 Å². The molecular formula is C31H33BrN4O5. The fourth-order valence-corrected chi connectivity index (χ4v) is 5.81. The smallest absolute Gasteiger partial charge is 0.262 e. The van der Waals surface area contributed by atoms with Gasteiger partial charge in [-0.25, -0.2) is 4.98 Å². The van der Waals surface area contributed by atoms with Crippen LogP contribution in [0.3, 0.4) is 0 Å². The van der Waals surface area contributed by atoms with Crippen LogP contribution in [0.1, 0.15) is 41.8 Å². The van der Waals surface area contributed by atoms with Crippen LogP contribution in [-0.2, 0) is 16.6 Å². The third-order valence-electron chi connectivity index (χ3n) is 7.56. The van der Waals surface area contributed by atoms with Gasteiger partial charge in [0.05, 0.1) is 36.3 Å². The lowest BCUT2D eigenvalue weighted by atomic mass is 9.76. The van der Waals surface area contributed by atoms with E-state index < -0.39 is 5.41 Å². The molecule has 1 aliphatic rings. The SMILES string of the molecule is COc1cc(CCNCCCN2C(=O)c3c(cc(Br)c4nc(-c5ccccc5OC)[nH]c34)C(C)(C)C2=O)ccc1O. The fraction of sp³-hybridized carbons (Fsp3) is 0.323. The van der Waals surface area contributed by atoms with Crippen molar-refractivity contribution in [2.75, 3.05) is 33.9 Å². The van der Waals surface area contributed by atoms with E-state index in [0.29, 0.717) is 70.0 Å². The number of phenolic OH excluding ortho intramolecular Hbond substituents is 1. The minimum absolute atomic E-state index is 0.111. The first kappa shape index (κ1) is 28.6. The number of hydrogen-bond acceptors (Lipinski definition) is 7. The van der Waals surface area contributed by atoms with Gasteiger partial charge in [-0.1, -0.05) is 18.2 Å². The molecule has 3 N–H and O–H groups in total. The van der Waals surface area contributed by atoms with Gasteiger partial charge in [-0.2, -0.15) is 0 Å². The van der Waals surface area contributed by atoms with Crippen molar-refractivity contribution < 1.29 is 24.2 Å². The number of imide groups is 1. The summed E-state index contributed by atoms with van der Waals surface area (Å²) in [6.07, 6.45) is 1.36. The molecule has 1 aromatic heterocycles. The van der Waals surface area contributed by atoms with E-state index in [9.17, 15) is 14.7 Å². The summed E-state index contributed by atoms with van der Waals surface area (Å²) < 4.78 is 11.4. The number of aromatic nitrogens is 2. The summed E-state index contributed by atoms with van der Waals surface area (Å²) in [5, 5.41) is 13.2. The first-order chi connectivity index (χ1) is 19.7. The largest absolute Gasteiger partial charge is 0.504 e. The monoisotopic (exact) mass is 620 g/mol. The molecule has 1 aliphatic heterocycles. The Balaban J connectivity index is 1.34. The van der Waals surface area contributed by atoms with Crippen molar-refractivity contribution in [3.63, 3.8) is 0 Å². The van der Waals surface area contributed by atoms with E-state index in [2.05, 4.69) is 26.2 Å². The molecule has 214 valence electrons. The van der Waals surface area contributed by atoms with Gasteiger partial charge >= 0.3 is 0 Å². The van der Waals surface area contributed by atoms with Gasteiger partial charge in [-0.15, -0.1) is 0 Å². The molecule has 4 aromatic rings. The second-order valence-electron chi connectivity index (χ2n) is 10.5. The second kappa shape index (κ2) is 11.5. The highest BCUT2D eigenvalue weighted by Gasteiger charge is 2.45. The number of hydrogen-bond donors (Lipinski definition) is 3. The van der Waals surface area contributed by atoms with Crippen molar-refractivity contribution in [2.45, 2.75) is 32.1 Å². The first-order valence-electron chi connectivity index (χ1n) is 13.5. The number of ether oxygens (including phenoxy) is 2. The van der Waals surface area contributed by atoms with E-state index in [-0.39, 0.29) is 17.6 Å². The van der Waals surface area contributed by atoms with Crippen molar-refractivity contribution in [2.24, 2.45) is 0 Å². The highest BCUT2D eigenvalue weighted by atomic mass is 79.9. The summed E-state index contributed by atoms with van der Waals surface area (Å²) in [5.74, 6) is 1.25. The normalized spacial score (nSPS) is 14.4. The number of methoxy groups -OCH3 is 2. The number of aromatic amines is 1. The van der Waals surface area contributed by atoms with Crippen LogP contribution in [0, 0.1) is 0 Å². The Kier molecular flexibility index (Phi) is 8.06. The van der Waals surface area contributed by atoms with Crippen LogP contribution in [0.4, 0.5) is 0 Å². The maximum atomic E-state index is 13.9. The number of nitrogens with zero attached hydrogens (tertiary/aromatic N) is 2. The van der Waals surface area contributed by atoms with Crippen molar-refractivity contribution in [3.8, 4) is 28.6 Å². The zero-order chi connectivity index (χ0) is 29.3. The molecule has 0 bridgehead atoms. The van der Waals surface area contributed by atoms with E-state index in [1.165, 1.54) is 12.0 Å². The summed E-state index contributed by atoms with van der Waals surface area (Å²) in [6.45, 7) is 5.35. The quantitative estimate of drug-likeness (QED) is 0.165. The zero-order valence-corrected chi connectivity index (χ0v) is 25.1.